The van der Waals surface area contributed by atoms with E-state index < -0.39 is 18.5 Å². The zero-order valence-corrected chi connectivity index (χ0v) is 6.91. The van der Waals surface area contributed by atoms with Crippen LogP contribution in [0.25, 0.3) is 0 Å². The molecule has 0 aromatic rings. The molecule has 12 heavy (non-hydrogen) atoms. The maximum Gasteiger partial charge on any atom is 0.389 e. The van der Waals surface area contributed by atoms with Crippen LogP contribution in [0, 0.1) is 18.3 Å². The van der Waals surface area contributed by atoms with E-state index in [1.165, 1.54) is 0 Å². The van der Waals surface area contributed by atoms with Gasteiger partial charge in [-0.2, -0.15) is 13.2 Å². The summed E-state index contributed by atoms with van der Waals surface area (Å²) in [5, 5.41) is 2.68. The van der Waals surface area contributed by atoms with Gasteiger partial charge in [0, 0.05) is 12.8 Å². The third kappa shape index (κ3) is 6.05. The molecule has 0 fully saturated rings. The molecule has 0 aliphatic carbocycles. The van der Waals surface area contributed by atoms with Crippen molar-refractivity contribution in [2.75, 3.05) is 13.6 Å². The highest BCUT2D eigenvalue weighted by molar-refractivity contribution is 4.88. The highest BCUT2D eigenvalue weighted by Gasteiger charge is 2.30. The molecule has 0 saturated heterocycles. The average molecular weight is 179 g/mol. The van der Waals surface area contributed by atoms with Crippen LogP contribution in [0.15, 0.2) is 0 Å². The van der Waals surface area contributed by atoms with Gasteiger partial charge in [-0.15, -0.1) is 12.3 Å². The molecule has 1 atom stereocenters. The third-order valence-electron chi connectivity index (χ3n) is 1.42. The summed E-state index contributed by atoms with van der Waals surface area (Å²) in [5.74, 6) is 1.74. The van der Waals surface area contributed by atoms with Crippen LogP contribution in [-0.4, -0.2) is 19.8 Å². The zero-order chi connectivity index (χ0) is 9.61. The van der Waals surface area contributed by atoms with E-state index in [1.807, 2.05) is 0 Å². The zero-order valence-electron chi connectivity index (χ0n) is 6.91. The van der Waals surface area contributed by atoms with Gasteiger partial charge in [0.25, 0.3) is 0 Å². The van der Waals surface area contributed by atoms with Crippen molar-refractivity contribution >= 4 is 0 Å². The molecule has 0 aromatic carbocycles. The average Bonchev–Trinajstić information content (AvgIpc) is 1.84. The van der Waals surface area contributed by atoms with Gasteiger partial charge in [-0.25, -0.2) is 0 Å². The standard InChI is InChI=1S/C8H12F3N/c1-3-4-7(6-12-2)5-8(9,10)11/h1,7,12H,4-6H2,2H3/t7-/m0/s1. The molecule has 0 aliphatic heterocycles. The van der Waals surface area contributed by atoms with Crippen LogP contribution < -0.4 is 5.32 Å². The normalized spacial score (nSPS) is 13.9. The lowest BCUT2D eigenvalue weighted by atomic mass is 10.0. The van der Waals surface area contributed by atoms with Crippen LogP contribution in [0.2, 0.25) is 0 Å². The van der Waals surface area contributed by atoms with Gasteiger partial charge in [0.05, 0.1) is 0 Å². The SMILES string of the molecule is C#CC[C@H](CNC)CC(F)(F)F. The molecule has 0 amide bonds. The molecule has 4 heteroatoms. The van der Waals surface area contributed by atoms with Crippen LogP contribution in [0.5, 0.6) is 0 Å². The second-order valence-electron chi connectivity index (χ2n) is 2.65. The lowest BCUT2D eigenvalue weighted by molar-refractivity contribution is -0.143. The molecular weight excluding hydrogens is 167 g/mol. The number of halogens is 3. The highest BCUT2D eigenvalue weighted by atomic mass is 19.4. The fourth-order valence-corrected chi connectivity index (χ4v) is 0.999. The van der Waals surface area contributed by atoms with Crippen molar-refractivity contribution < 1.29 is 13.2 Å². The quantitative estimate of drug-likeness (QED) is 0.649. The highest BCUT2D eigenvalue weighted by Crippen LogP contribution is 2.25. The predicted molar refractivity (Wildman–Crippen MR) is 41.5 cm³/mol. The molecule has 0 heterocycles. The Morgan fingerprint density at radius 2 is 2.08 bits per heavy atom. The molecule has 0 aromatic heterocycles. The van der Waals surface area contributed by atoms with E-state index in [0.29, 0.717) is 6.54 Å². The monoisotopic (exact) mass is 179 g/mol. The van der Waals surface area contributed by atoms with E-state index in [1.54, 1.807) is 7.05 Å². The van der Waals surface area contributed by atoms with Gasteiger partial charge in [-0.3, -0.25) is 0 Å². The molecule has 0 saturated carbocycles. The van der Waals surface area contributed by atoms with Crippen LogP contribution in [0.1, 0.15) is 12.8 Å². The molecule has 0 radical (unpaired) electrons. The first kappa shape index (κ1) is 11.3. The number of alkyl halides is 3. The van der Waals surface area contributed by atoms with Gasteiger partial charge in [-0.05, 0) is 19.5 Å². The number of rotatable bonds is 4. The van der Waals surface area contributed by atoms with E-state index in [9.17, 15) is 13.2 Å². The summed E-state index contributed by atoms with van der Waals surface area (Å²) < 4.78 is 35.6. The van der Waals surface area contributed by atoms with E-state index in [2.05, 4.69) is 11.2 Å². The van der Waals surface area contributed by atoms with Crippen molar-refractivity contribution in [2.45, 2.75) is 19.0 Å². The van der Waals surface area contributed by atoms with Gasteiger partial charge >= 0.3 is 6.18 Å². The Morgan fingerprint density at radius 3 is 2.42 bits per heavy atom. The maximum atomic E-state index is 11.9. The van der Waals surface area contributed by atoms with Crippen LogP contribution >= 0.6 is 0 Å². The topological polar surface area (TPSA) is 12.0 Å². The Balaban J connectivity index is 3.88. The Labute approximate surface area is 70.3 Å². The fraction of sp³-hybridized carbons (Fsp3) is 0.750. The maximum absolute atomic E-state index is 11.9. The van der Waals surface area contributed by atoms with Crippen molar-refractivity contribution in [1.29, 1.82) is 0 Å². The first-order chi connectivity index (χ1) is 5.49. The first-order valence-electron chi connectivity index (χ1n) is 3.64. The number of nitrogens with one attached hydrogen (secondary N) is 1. The van der Waals surface area contributed by atoms with E-state index in [0.717, 1.165) is 0 Å². The third-order valence-corrected chi connectivity index (χ3v) is 1.42. The lowest BCUT2D eigenvalue weighted by Crippen LogP contribution is -2.24. The molecule has 0 spiro atoms. The summed E-state index contributed by atoms with van der Waals surface area (Å²) in [4.78, 5) is 0. The second-order valence-corrected chi connectivity index (χ2v) is 2.65. The Bertz CT molecular complexity index is 157. The lowest BCUT2D eigenvalue weighted by Gasteiger charge is -2.15. The van der Waals surface area contributed by atoms with Crippen molar-refractivity contribution in [1.82, 2.24) is 5.32 Å². The molecule has 0 unspecified atom stereocenters. The van der Waals surface area contributed by atoms with Crippen molar-refractivity contribution in [3.8, 4) is 12.3 Å². The molecule has 70 valence electrons. The summed E-state index contributed by atoms with van der Waals surface area (Å²) in [6, 6.07) is 0. The summed E-state index contributed by atoms with van der Waals surface area (Å²) in [7, 11) is 1.61. The minimum absolute atomic E-state index is 0.167. The van der Waals surface area contributed by atoms with Crippen LogP contribution in [0.4, 0.5) is 13.2 Å². The minimum Gasteiger partial charge on any atom is -0.319 e. The van der Waals surface area contributed by atoms with Crippen molar-refractivity contribution in [2.24, 2.45) is 5.92 Å². The second kappa shape index (κ2) is 5.04. The Hall–Kier alpha value is -0.690. The summed E-state index contributed by atoms with van der Waals surface area (Å²) in [5.41, 5.74) is 0. The van der Waals surface area contributed by atoms with Gasteiger partial charge in [-0.1, -0.05) is 0 Å². The van der Waals surface area contributed by atoms with E-state index in [-0.39, 0.29) is 6.42 Å². The molecule has 0 aliphatic rings. The van der Waals surface area contributed by atoms with Crippen molar-refractivity contribution in [3.63, 3.8) is 0 Å². The van der Waals surface area contributed by atoms with Crippen LogP contribution in [-0.2, 0) is 0 Å². The molecule has 0 rings (SSSR count). The summed E-state index contributed by atoms with van der Waals surface area (Å²) in [6.45, 7) is 0.309. The molecule has 1 N–H and O–H groups in total. The molecule has 0 bridgehead atoms. The summed E-state index contributed by atoms with van der Waals surface area (Å²) in [6.07, 6.45) is 0.180. The van der Waals surface area contributed by atoms with Crippen molar-refractivity contribution in [3.05, 3.63) is 0 Å². The predicted octanol–water partition coefficient (Wildman–Crippen LogP) is 1.80. The number of hydrogen-bond acceptors (Lipinski definition) is 1. The van der Waals surface area contributed by atoms with E-state index in [4.69, 9.17) is 6.42 Å². The van der Waals surface area contributed by atoms with E-state index >= 15 is 0 Å². The fourth-order valence-electron chi connectivity index (χ4n) is 0.999. The largest absolute Gasteiger partial charge is 0.389 e. The Kier molecular flexibility index (Phi) is 4.75. The number of hydrogen-bond donors (Lipinski definition) is 1. The van der Waals surface area contributed by atoms with Gasteiger partial charge < -0.3 is 5.32 Å². The first-order valence-corrected chi connectivity index (χ1v) is 3.64. The number of terminal acetylenes is 1. The van der Waals surface area contributed by atoms with Gasteiger partial charge in [0.2, 0.25) is 0 Å². The van der Waals surface area contributed by atoms with Gasteiger partial charge in [0.15, 0.2) is 0 Å². The Morgan fingerprint density at radius 1 is 1.50 bits per heavy atom. The smallest absolute Gasteiger partial charge is 0.319 e. The van der Waals surface area contributed by atoms with Crippen LogP contribution in [0.3, 0.4) is 0 Å². The molecule has 1 nitrogen and oxygen atoms in total. The molecular formula is C8H12F3N. The van der Waals surface area contributed by atoms with Gasteiger partial charge in [0.1, 0.15) is 0 Å². The minimum atomic E-state index is -4.11. The summed E-state index contributed by atoms with van der Waals surface area (Å²) >= 11 is 0.